The monoisotopic (exact) mass is 362 g/mol. The number of aromatic hydroxyl groups is 1. The van der Waals surface area contributed by atoms with Gasteiger partial charge in [0.1, 0.15) is 0 Å². The fourth-order valence-corrected chi connectivity index (χ4v) is 4.06. The SMILES string of the molecule is COc1cc2sc(C(=O)CCP(=O)(OC)OC)cc2c(F)c1O. The van der Waals surface area contributed by atoms with Gasteiger partial charge in [-0.15, -0.1) is 11.3 Å². The number of thiophene rings is 1. The summed E-state index contributed by atoms with van der Waals surface area (Å²) in [7, 11) is 0.539. The molecule has 0 bridgehead atoms. The van der Waals surface area contributed by atoms with E-state index in [1.165, 1.54) is 33.5 Å². The molecular formula is C14H16FO6PS. The molecule has 126 valence electrons. The van der Waals surface area contributed by atoms with Crippen LogP contribution >= 0.6 is 18.9 Å². The topological polar surface area (TPSA) is 82.1 Å². The second kappa shape index (κ2) is 6.97. The van der Waals surface area contributed by atoms with Crippen LogP contribution in [0.25, 0.3) is 10.1 Å². The van der Waals surface area contributed by atoms with Crippen LogP contribution < -0.4 is 4.74 Å². The first-order valence-electron chi connectivity index (χ1n) is 6.58. The minimum Gasteiger partial charge on any atom is -0.502 e. The first kappa shape index (κ1) is 17.9. The molecule has 6 nitrogen and oxygen atoms in total. The molecule has 0 aliphatic carbocycles. The average Bonchev–Trinajstić information content (AvgIpc) is 3.00. The fraction of sp³-hybridized carbons (Fsp3) is 0.357. The molecule has 1 N–H and O–H groups in total. The van der Waals surface area contributed by atoms with Crippen LogP contribution in [-0.4, -0.2) is 38.4 Å². The van der Waals surface area contributed by atoms with Crippen molar-refractivity contribution in [2.45, 2.75) is 6.42 Å². The highest BCUT2D eigenvalue weighted by molar-refractivity contribution is 7.53. The maximum atomic E-state index is 14.1. The zero-order valence-electron chi connectivity index (χ0n) is 12.8. The Kier molecular flexibility index (Phi) is 5.41. The van der Waals surface area contributed by atoms with Gasteiger partial charge >= 0.3 is 7.60 Å². The van der Waals surface area contributed by atoms with Gasteiger partial charge in [0.2, 0.25) is 0 Å². The van der Waals surface area contributed by atoms with Gasteiger partial charge in [0.05, 0.1) is 18.1 Å². The van der Waals surface area contributed by atoms with Crippen molar-refractivity contribution in [3.05, 3.63) is 22.8 Å². The van der Waals surface area contributed by atoms with Crippen LogP contribution in [-0.2, 0) is 13.6 Å². The van der Waals surface area contributed by atoms with E-state index in [4.69, 9.17) is 13.8 Å². The molecule has 2 rings (SSSR count). The Morgan fingerprint density at radius 2 is 1.96 bits per heavy atom. The highest BCUT2D eigenvalue weighted by atomic mass is 32.1. The Morgan fingerprint density at radius 1 is 1.30 bits per heavy atom. The molecule has 9 heteroatoms. The van der Waals surface area contributed by atoms with Gasteiger partial charge < -0.3 is 18.9 Å². The molecule has 2 aromatic rings. The number of methoxy groups -OCH3 is 1. The normalized spacial score (nSPS) is 11.8. The van der Waals surface area contributed by atoms with E-state index < -0.39 is 19.2 Å². The molecule has 0 unspecified atom stereocenters. The number of rotatable bonds is 7. The van der Waals surface area contributed by atoms with Crippen LogP contribution in [0.1, 0.15) is 16.1 Å². The molecule has 0 aliphatic heterocycles. The summed E-state index contributed by atoms with van der Waals surface area (Å²) in [6.45, 7) is 0. The number of phenols is 1. The summed E-state index contributed by atoms with van der Waals surface area (Å²) in [4.78, 5) is 12.5. The summed E-state index contributed by atoms with van der Waals surface area (Å²) in [5.74, 6) is -1.74. The van der Waals surface area contributed by atoms with Crippen molar-refractivity contribution < 1.29 is 32.6 Å². The van der Waals surface area contributed by atoms with Gasteiger partial charge in [-0.05, 0) is 6.07 Å². The lowest BCUT2D eigenvalue weighted by Crippen LogP contribution is -2.02. The molecule has 0 amide bonds. The number of ketones is 1. The highest BCUT2D eigenvalue weighted by Crippen LogP contribution is 2.47. The third-order valence-electron chi connectivity index (χ3n) is 3.36. The van der Waals surface area contributed by atoms with Gasteiger partial charge in [-0.1, -0.05) is 0 Å². The van der Waals surface area contributed by atoms with Crippen molar-refractivity contribution >= 4 is 34.8 Å². The zero-order valence-corrected chi connectivity index (χ0v) is 14.5. The summed E-state index contributed by atoms with van der Waals surface area (Å²) in [5, 5.41) is 9.80. The van der Waals surface area contributed by atoms with Crippen LogP contribution in [0.15, 0.2) is 12.1 Å². The van der Waals surface area contributed by atoms with E-state index in [-0.39, 0.29) is 29.5 Å². The van der Waals surface area contributed by atoms with Gasteiger partial charge in [-0.2, -0.15) is 0 Å². The minimum absolute atomic E-state index is 0.000819. The lowest BCUT2D eigenvalue weighted by Gasteiger charge is -2.12. The Morgan fingerprint density at radius 3 is 2.52 bits per heavy atom. The van der Waals surface area contributed by atoms with Crippen LogP contribution in [0.5, 0.6) is 11.5 Å². The molecule has 0 saturated heterocycles. The summed E-state index contributed by atoms with van der Waals surface area (Å²) in [5.41, 5.74) is 0. The second-order valence-electron chi connectivity index (χ2n) is 4.64. The number of ether oxygens (including phenoxy) is 1. The number of phenolic OH excluding ortho intramolecular Hbond substituents is 1. The summed E-state index contributed by atoms with van der Waals surface area (Å²) >= 11 is 1.07. The zero-order chi connectivity index (χ0) is 17.2. The van der Waals surface area contributed by atoms with Crippen molar-refractivity contribution in [3.8, 4) is 11.5 Å². The van der Waals surface area contributed by atoms with E-state index in [0.29, 0.717) is 9.58 Å². The first-order valence-corrected chi connectivity index (χ1v) is 9.12. The lowest BCUT2D eigenvalue weighted by molar-refractivity contribution is 0.0990. The maximum Gasteiger partial charge on any atom is 0.330 e. The summed E-state index contributed by atoms with van der Waals surface area (Å²) in [6.07, 6.45) is -0.124. The molecule has 0 atom stereocenters. The maximum absolute atomic E-state index is 14.1. The van der Waals surface area contributed by atoms with Gasteiger partial charge in [0.15, 0.2) is 23.1 Å². The number of fused-ring (bicyclic) bond motifs is 1. The van der Waals surface area contributed by atoms with Crippen LogP contribution in [0, 0.1) is 5.82 Å². The Labute approximate surface area is 136 Å². The highest BCUT2D eigenvalue weighted by Gasteiger charge is 2.24. The number of halogens is 1. The quantitative estimate of drug-likeness (QED) is 0.596. The number of hydrogen-bond donors (Lipinski definition) is 1. The van der Waals surface area contributed by atoms with Crippen LogP contribution in [0.3, 0.4) is 0 Å². The van der Waals surface area contributed by atoms with Crippen molar-refractivity contribution in [3.63, 3.8) is 0 Å². The smallest absolute Gasteiger partial charge is 0.330 e. The molecule has 0 aliphatic rings. The predicted octanol–water partition coefficient (Wildman–Crippen LogP) is 3.81. The second-order valence-corrected chi connectivity index (χ2v) is 8.12. The number of hydrogen-bond acceptors (Lipinski definition) is 7. The van der Waals surface area contributed by atoms with Gasteiger partial charge in [0, 0.05) is 36.8 Å². The minimum atomic E-state index is -3.27. The molecule has 0 fully saturated rings. The predicted molar refractivity (Wildman–Crippen MR) is 85.4 cm³/mol. The number of carbonyl (C=O) groups excluding carboxylic acids is 1. The number of benzene rings is 1. The van der Waals surface area contributed by atoms with E-state index in [9.17, 15) is 18.9 Å². The Bertz CT molecular complexity index is 779. The van der Waals surface area contributed by atoms with E-state index in [1.54, 1.807) is 0 Å². The first-order chi connectivity index (χ1) is 10.8. The average molecular weight is 362 g/mol. The van der Waals surface area contributed by atoms with Crippen molar-refractivity contribution in [1.29, 1.82) is 0 Å². The third kappa shape index (κ3) is 3.55. The van der Waals surface area contributed by atoms with E-state index in [2.05, 4.69) is 0 Å². The van der Waals surface area contributed by atoms with E-state index in [0.717, 1.165) is 11.3 Å². The van der Waals surface area contributed by atoms with Crippen LogP contribution in [0.4, 0.5) is 4.39 Å². The lowest BCUT2D eigenvalue weighted by atomic mass is 10.2. The van der Waals surface area contributed by atoms with Crippen molar-refractivity contribution in [2.24, 2.45) is 0 Å². The number of carbonyl (C=O) groups is 1. The molecular weight excluding hydrogens is 346 g/mol. The molecule has 1 aromatic heterocycles. The molecule has 1 heterocycles. The van der Waals surface area contributed by atoms with E-state index >= 15 is 0 Å². The molecule has 23 heavy (non-hydrogen) atoms. The fourth-order valence-electron chi connectivity index (χ4n) is 2.02. The third-order valence-corrected chi connectivity index (χ3v) is 6.37. The number of Topliss-reactive ketones (excluding diaryl/α,β-unsaturated/α-hetero) is 1. The van der Waals surface area contributed by atoms with Gasteiger partial charge in [0.25, 0.3) is 0 Å². The van der Waals surface area contributed by atoms with Crippen LogP contribution in [0.2, 0.25) is 0 Å². The largest absolute Gasteiger partial charge is 0.502 e. The summed E-state index contributed by atoms with van der Waals surface area (Å²) < 4.78 is 40.9. The van der Waals surface area contributed by atoms with Gasteiger partial charge in [-0.25, -0.2) is 4.39 Å². The molecule has 0 spiro atoms. The van der Waals surface area contributed by atoms with Gasteiger partial charge in [-0.3, -0.25) is 9.36 Å². The van der Waals surface area contributed by atoms with Crippen molar-refractivity contribution in [2.75, 3.05) is 27.5 Å². The van der Waals surface area contributed by atoms with Crippen molar-refractivity contribution in [1.82, 2.24) is 0 Å². The Hall–Kier alpha value is -1.47. The molecule has 0 saturated carbocycles. The standard InChI is InChI=1S/C14H16FO6PS/c1-19-10-7-11-8(13(15)14(10)17)6-12(23-11)9(16)4-5-22(18,20-2)21-3/h6-7,17H,4-5H2,1-3H3. The van der Waals surface area contributed by atoms with E-state index in [1.807, 2.05) is 0 Å². The summed E-state index contributed by atoms with van der Waals surface area (Å²) in [6, 6.07) is 2.83. The molecule has 1 aromatic carbocycles. The molecule has 0 radical (unpaired) electrons. The Balaban J connectivity index is 2.29.